The summed E-state index contributed by atoms with van der Waals surface area (Å²) >= 11 is 0. The van der Waals surface area contributed by atoms with Gasteiger partial charge in [-0.2, -0.15) is 0 Å². The van der Waals surface area contributed by atoms with Crippen LogP contribution >= 0.6 is 0 Å². The molecule has 1 heterocycles. The van der Waals surface area contributed by atoms with Gasteiger partial charge in [-0.1, -0.05) is 24.3 Å². The van der Waals surface area contributed by atoms with Crippen molar-refractivity contribution in [3.63, 3.8) is 0 Å². The number of rotatable bonds is 7. The lowest BCUT2D eigenvalue weighted by atomic mass is 10.3. The molecule has 8 heteroatoms. The molecule has 0 bridgehead atoms. The molecule has 2 aromatic carbocycles. The molecule has 0 aliphatic rings. The summed E-state index contributed by atoms with van der Waals surface area (Å²) < 4.78 is 16.6. The summed E-state index contributed by atoms with van der Waals surface area (Å²) in [6, 6.07) is 13.7. The van der Waals surface area contributed by atoms with Gasteiger partial charge in [0.2, 0.25) is 0 Å². The highest BCUT2D eigenvalue weighted by molar-refractivity contribution is 5.94. The number of hydrogen-bond donors (Lipinski definition) is 1. The number of carbonyl (C=O) groups excluding carboxylic acids is 2. The number of oxazole rings is 1. The zero-order valence-electron chi connectivity index (χ0n) is 14.6. The maximum atomic E-state index is 12.0. The smallest absolute Gasteiger partial charge is 0.420 e. The number of hydrogen-bond acceptors (Lipinski definition) is 6. The van der Waals surface area contributed by atoms with Crippen molar-refractivity contribution < 1.29 is 23.5 Å². The molecule has 0 saturated heterocycles. The van der Waals surface area contributed by atoms with E-state index >= 15 is 0 Å². The van der Waals surface area contributed by atoms with E-state index in [1.54, 1.807) is 48.5 Å². The second kappa shape index (κ2) is 8.22. The predicted octanol–water partition coefficient (Wildman–Crippen LogP) is 2.18. The zero-order chi connectivity index (χ0) is 19.2. The predicted molar refractivity (Wildman–Crippen MR) is 97.7 cm³/mol. The third kappa shape index (κ3) is 4.35. The Kier molecular flexibility index (Phi) is 5.55. The standard InChI is InChI=1S/C19H18N2O6/c1-2-25-15-9-5-3-7-13(15)20-17(22)12-26-18(23)11-21-14-8-4-6-10-16(14)27-19(21)24/h3-10H,2,11-12H2,1H3,(H,20,22). The summed E-state index contributed by atoms with van der Waals surface area (Å²) in [6.45, 7) is 1.46. The van der Waals surface area contributed by atoms with Gasteiger partial charge in [-0.15, -0.1) is 0 Å². The van der Waals surface area contributed by atoms with Gasteiger partial charge in [0, 0.05) is 0 Å². The van der Waals surface area contributed by atoms with E-state index in [4.69, 9.17) is 13.9 Å². The second-order valence-electron chi connectivity index (χ2n) is 5.56. The fraction of sp³-hybridized carbons (Fsp3) is 0.211. The average Bonchev–Trinajstić information content (AvgIpc) is 2.97. The monoisotopic (exact) mass is 370 g/mol. The highest BCUT2D eigenvalue weighted by Gasteiger charge is 2.15. The highest BCUT2D eigenvalue weighted by Crippen LogP contribution is 2.23. The molecule has 3 aromatic rings. The lowest BCUT2D eigenvalue weighted by molar-refractivity contribution is -0.147. The Morgan fingerprint density at radius 1 is 1.11 bits per heavy atom. The molecule has 0 fully saturated rings. The van der Waals surface area contributed by atoms with E-state index in [9.17, 15) is 14.4 Å². The number of anilines is 1. The number of esters is 1. The van der Waals surface area contributed by atoms with Gasteiger partial charge in [0.15, 0.2) is 12.2 Å². The average molecular weight is 370 g/mol. The molecule has 0 aliphatic carbocycles. The first-order chi connectivity index (χ1) is 13.1. The summed E-state index contributed by atoms with van der Waals surface area (Å²) in [7, 11) is 0. The van der Waals surface area contributed by atoms with Crippen molar-refractivity contribution in [3.05, 3.63) is 59.1 Å². The first kappa shape index (κ1) is 18.2. The van der Waals surface area contributed by atoms with Gasteiger partial charge in [-0.25, -0.2) is 4.79 Å². The van der Waals surface area contributed by atoms with E-state index in [0.29, 0.717) is 29.1 Å². The fourth-order valence-corrected chi connectivity index (χ4v) is 2.52. The normalized spacial score (nSPS) is 10.6. The van der Waals surface area contributed by atoms with Crippen LogP contribution in [0.1, 0.15) is 6.92 Å². The maximum absolute atomic E-state index is 12.0. The fourth-order valence-electron chi connectivity index (χ4n) is 2.52. The molecule has 3 rings (SSSR count). The van der Waals surface area contributed by atoms with Gasteiger partial charge >= 0.3 is 11.7 Å². The van der Waals surface area contributed by atoms with Gasteiger partial charge in [0.25, 0.3) is 5.91 Å². The van der Waals surface area contributed by atoms with Crippen molar-refractivity contribution in [2.75, 3.05) is 18.5 Å². The van der Waals surface area contributed by atoms with Crippen LogP contribution in [0.4, 0.5) is 5.69 Å². The second-order valence-corrected chi connectivity index (χ2v) is 5.56. The van der Waals surface area contributed by atoms with Crippen LogP contribution in [0.25, 0.3) is 11.1 Å². The molecule has 27 heavy (non-hydrogen) atoms. The number of benzene rings is 2. The Morgan fingerprint density at radius 3 is 2.67 bits per heavy atom. The van der Waals surface area contributed by atoms with Crippen LogP contribution in [0.5, 0.6) is 5.75 Å². The Labute approximate surface area is 154 Å². The van der Waals surface area contributed by atoms with Gasteiger partial charge < -0.3 is 19.2 Å². The van der Waals surface area contributed by atoms with Gasteiger partial charge in [-0.05, 0) is 31.2 Å². The largest absolute Gasteiger partial charge is 0.492 e. The van der Waals surface area contributed by atoms with Crippen LogP contribution in [-0.2, 0) is 20.9 Å². The Bertz CT molecular complexity index is 1020. The summed E-state index contributed by atoms with van der Waals surface area (Å²) in [6.07, 6.45) is 0. The van der Waals surface area contributed by atoms with Gasteiger partial charge in [-0.3, -0.25) is 14.2 Å². The first-order valence-electron chi connectivity index (χ1n) is 8.34. The van der Waals surface area contributed by atoms with Gasteiger partial charge in [0.05, 0.1) is 17.8 Å². The summed E-state index contributed by atoms with van der Waals surface area (Å²) in [5, 5.41) is 2.62. The molecule has 0 aliphatic heterocycles. The van der Waals surface area contributed by atoms with Crippen LogP contribution < -0.4 is 15.8 Å². The topological polar surface area (TPSA) is 99.8 Å². The zero-order valence-corrected chi connectivity index (χ0v) is 14.6. The van der Waals surface area contributed by atoms with Crippen molar-refractivity contribution in [1.29, 1.82) is 0 Å². The summed E-state index contributed by atoms with van der Waals surface area (Å²) in [5.41, 5.74) is 1.34. The summed E-state index contributed by atoms with van der Waals surface area (Å²) in [4.78, 5) is 35.9. The van der Waals surface area contributed by atoms with E-state index in [1.807, 2.05) is 6.92 Å². The molecular formula is C19H18N2O6. The van der Waals surface area contributed by atoms with E-state index in [2.05, 4.69) is 5.32 Å². The van der Waals surface area contributed by atoms with Crippen molar-refractivity contribution in [1.82, 2.24) is 4.57 Å². The molecule has 8 nitrogen and oxygen atoms in total. The number of aromatic nitrogens is 1. The molecule has 0 unspecified atom stereocenters. The number of amides is 1. The van der Waals surface area contributed by atoms with E-state index in [1.165, 1.54) is 0 Å². The Balaban J connectivity index is 1.58. The number of ether oxygens (including phenoxy) is 2. The maximum Gasteiger partial charge on any atom is 0.420 e. The number of para-hydroxylation sites is 4. The molecule has 1 amide bonds. The van der Waals surface area contributed by atoms with Crippen molar-refractivity contribution in [2.45, 2.75) is 13.5 Å². The SMILES string of the molecule is CCOc1ccccc1NC(=O)COC(=O)Cn1c(=O)oc2ccccc21. The van der Waals surface area contributed by atoms with E-state index < -0.39 is 24.2 Å². The van der Waals surface area contributed by atoms with E-state index in [0.717, 1.165) is 4.57 Å². The van der Waals surface area contributed by atoms with Crippen LogP contribution in [0.2, 0.25) is 0 Å². The number of nitrogens with one attached hydrogen (secondary N) is 1. The third-order valence-electron chi connectivity index (χ3n) is 3.69. The summed E-state index contributed by atoms with van der Waals surface area (Å²) in [5.74, 6) is -1.38. The van der Waals surface area contributed by atoms with Crippen LogP contribution in [-0.4, -0.2) is 29.7 Å². The number of carbonyl (C=O) groups is 2. The van der Waals surface area contributed by atoms with Crippen LogP contribution in [0.15, 0.2) is 57.7 Å². The quantitative estimate of drug-likeness (QED) is 0.640. The Morgan fingerprint density at radius 2 is 1.85 bits per heavy atom. The molecule has 0 saturated carbocycles. The first-order valence-corrected chi connectivity index (χ1v) is 8.34. The molecule has 1 aromatic heterocycles. The molecule has 1 N–H and O–H groups in total. The van der Waals surface area contributed by atoms with Crippen LogP contribution in [0, 0.1) is 0 Å². The van der Waals surface area contributed by atoms with Crippen molar-refractivity contribution in [3.8, 4) is 5.75 Å². The lowest BCUT2D eigenvalue weighted by Crippen LogP contribution is -2.26. The lowest BCUT2D eigenvalue weighted by Gasteiger charge is -2.11. The van der Waals surface area contributed by atoms with Gasteiger partial charge in [0.1, 0.15) is 12.3 Å². The van der Waals surface area contributed by atoms with Crippen molar-refractivity contribution >= 4 is 28.7 Å². The number of fused-ring (bicyclic) bond motifs is 1. The minimum Gasteiger partial charge on any atom is -0.492 e. The minimum absolute atomic E-state index is 0.349. The Hall–Kier alpha value is -3.55. The molecular weight excluding hydrogens is 352 g/mol. The molecule has 0 spiro atoms. The van der Waals surface area contributed by atoms with Crippen molar-refractivity contribution in [2.24, 2.45) is 0 Å². The minimum atomic E-state index is -0.725. The highest BCUT2D eigenvalue weighted by atomic mass is 16.5. The third-order valence-corrected chi connectivity index (χ3v) is 3.69. The van der Waals surface area contributed by atoms with Crippen LogP contribution in [0.3, 0.4) is 0 Å². The number of nitrogens with zero attached hydrogens (tertiary/aromatic N) is 1. The van der Waals surface area contributed by atoms with E-state index in [-0.39, 0.29) is 6.54 Å². The molecule has 0 atom stereocenters. The molecule has 140 valence electrons. The molecule has 0 radical (unpaired) electrons.